The molecule has 0 aliphatic heterocycles. The Hall–Kier alpha value is -1.06. The van der Waals surface area contributed by atoms with Gasteiger partial charge in [0, 0.05) is 18.7 Å². The standard InChI is InChI=1S/C12H19NO2/c1-9(14-3)8-15-12-7-5-4-6-11(12)10(2)13/h4-7,9-10H,8,13H2,1-3H3/t9?,10-/m1/s1. The molecule has 2 atom stereocenters. The Kier molecular flexibility index (Phi) is 4.59. The zero-order valence-corrected chi connectivity index (χ0v) is 9.57. The van der Waals surface area contributed by atoms with E-state index in [9.17, 15) is 0 Å². The van der Waals surface area contributed by atoms with E-state index in [4.69, 9.17) is 15.2 Å². The van der Waals surface area contributed by atoms with Crippen molar-refractivity contribution in [1.82, 2.24) is 0 Å². The number of hydrogen-bond donors (Lipinski definition) is 1. The van der Waals surface area contributed by atoms with Crippen LogP contribution in [0.5, 0.6) is 5.75 Å². The first-order chi connectivity index (χ1) is 7.15. The Morgan fingerprint density at radius 2 is 1.93 bits per heavy atom. The molecule has 0 spiro atoms. The smallest absolute Gasteiger partial charge is 0.124 e. The molecule has 0 fully saturated rings. The third-order valence-corrected chi connectivity index (χ3v) is 2.29. The zero-order chi connectivity index (χ0) is 11.3. The summed E-state index contributed by atoms with van der Waals surface area (Å²) in [5.74, 6) is 0.844. The minimum absolute atomic E-state index is 0.0148. The molecule has 0 saturated carbocycles. The summed E-state index contributed by atoms with van der Waals surface area (Å²) in [6, 6.07) is 7.81. The van der Waals surface area contributed by atoms with E-state index in [2.05, 4.69) is 0 Å². The topological polar surface area (TPSA) is 44.5 Å². The molecule has 0 bridgehead atoms. The average Bonchev–Trinajstić information content (AvgIpc) is 2.26. The first-order valence-electron chi connectivity index (χ1n) is 5.15. The van der Waals surface area contributed by atoms with Crippen LogP contribution in [0, 0.1) is 0 Å². The highest BCUT2D eigenvalue weighted by Crippen LogP contribution is 2.23. The van der Waals surface area contributed by atoms with Gasteiger partial charge < -0.3 is 15.2 Å². The maximum atomic E-state index is 5.84. The Balaban J connectivity index is 2.67. The van der Waals surface area contributed by atoms with E-state index in [1.807, 2.05) is 38.1 Å². The molecule has 2 N–H and O–H groups in total. The molecular weight excluding hydrogens is 190 g/mol. The van der Waals surface area contributed by atoms with Gasteiger partial charge in [0.1, 0.15) is 12.4 Å². The van der Waals surface area contributed by atoms with Crippen molar-refractivity contribution >= 4 is 0 Å². The molecule has 84 valence electrons. The molecule has 1 aromatic carbocycles. The maximum Gasteiger partial charge on any atom is 0.124 e. The third kappa shape index (κ3) is 3.53. The number of hydrogen-bond acceptors (Lipinski definition) is 3. The van der Waals surface area contributed by atoms with E-state index in [1.54, 1.807) is 7.11 Å². The number of methoxy groups -OCH3 is 1. The van der Waals surface area contributed by atoms with E-state index < -0.39 is 0 Å². The summed E-state index contributed by atoms with van der Waals surface area (Å²) in [6.07, 6.45) is 0.0890. The lowest BCUT2D eigenvalue weighted by Crippen LogP contribution is -2.17. The third-order valence-electron chi connectivity index (χ3n) is 2.29. The molecule has 0 saturated heterocycles. The van der Waals surface area contributed by atoms with Gasteiger partial charge in [0.05, 0.1) is 6.10 Å². The van der Waals surface area contributed by atoms with Crippen LogP contribution in [0.1, 0.15) is 25.5 Å². The van der Waals surface area contributed by atoms with Crippen LogP contribution < -0.4 is 10.5 Å². The summed E-state index contributed by atoms with van der Waals surface area (Å²) in [6.45, 7) is 4.46. The highest BCUT2D eigenvalue weighted by Gasteiger charge is 2.08. The zero-order valence-electron chi connectivity index (χ0n) is 9.57. The summed E-state index contributed by atoms with van der Waals surface area (Å²) in [7, 11) is 1.67. The Morgan fingerprint density at radius 3 is 2.53 bits per heavy atom. The lowest BCUT2D eigenvalue weighted by atomic mass is 10.1. The molecule has 0 radical (unpaired) electrons. The van der Waals surface area contributed by atoms with E-state index in [1.165, 1.54) is 0 Å². The van der Waals surface area contributed by atoms with Crippen LogP contribution in [0.2, 0.25) is 0 Å². The van der Waals surface area contributed by atoms with Crippen LogP contribution in [0.15, 0.2) is 24.3 Å². The van der Waals surface area contributed by atoms with Crippen LogP contribution in [-0.2, 0) is 4.74 Å². The predicted molar refractivity (Wildman–Crippen MR) is 61.0 cm³/mol. The van der Waals surface area contributed by atoms with Gasteiger partial charge in [0.2, 0.25) is 0 Å². The van der Waals surface area contributed by atoms with Crippen LogP contribution in [0.4, 0.5) is 0 Å². The fourth-order valence-corrected chi connectivity index (χ4v) is 1.26. The predicted octanol–water partition coefficient (Wildman–Crippen LogP) is 2.12. The summed E-state index contributed by atoms with van der Waals surface area (Å²) < 4.78 is 10.8. The molecule has 0 aliphatic carbocycles. The molecule has 3 heteroatoms. The van der Waals surface area contributed by atoms with Crippen molar-refractivity contribution < 1.29 is 9.47 Å². The number of para-hydroxylation sites is 1. The van der Waals surface area contributed by atoms with Gasteiger partial charge in [-0.3, -0.25) is 0 Å². The van der Waals surface area contributed by atoms with E-state index in [0.717, 1.165) is 11.3 Å². The second-order valence-corrected chi connectivity index (χ2v) is 3.68. The van der Waals surface area contributed by atoms with Crippen molar-refractivity contribution in [2.24, 2.45) is 5.73 Å². The first-order valence-corrected chi connectivity index (χ1v) is 5.15. The Labute approximate surface area is 91.2 Å². The van der Waals surface area contributed by atoms with Gasteiger partial charge in [-0.15, -0.1) is 0 Å². The quantitative estimate of drug-likeness (QED) is 0.807. The van der Waals surface area contributed by atoms with E-state index in [0.29, 0.717) is 6.61 Å². The Morgan fingerprint density at radius 1 is 1.27 bits per heavy atom. The molecule has 1 rings (SSSR count). The minimum atomic E-state index is -0.0148. The second kappa shape index (κ2) is 5.73. The summed E-state index contributed by atoms with van der Waals surface area (Å²) in [5, 5.41) is 0. The van der Waals surface area contributed by atoms with Crippen LogP contribution in [0.3, 0.4) is 0 Å². The second-order valence-electron chi connectivity index (χ2n) is 3.68. The van der Waals surface area contributed by atoms with Crippen molar-refractivity contribution in [1.29, 1.82) is 0 Å². The fraction of sp³-hybridized carbons (Fsp3) is 0.500. The lowest BCUT2D eigenvalue weighted by Gasteiger charge is -2.16. The van der Waals surface area contributed by atoms with E-state index >= 15 is 0 Å². The number of nitrogens with two attached hydrogens (primary N) is 1. The van der Waals surface area contributed by atoms with Crippen LogP contribution >= 0.6 is 0 Å². The largest absolute Gasteiger partial charge is 0.491 e. The molecule has 3 nitrogen and oxygen atoms in total. The maximum absolute atomic E-state index is 5.84. The minimum Gasteiger partial charge on any atom is -0.491 e. The SMILES string of the molecule is COC(C)COc1ccccc1[C@@H](C)N. The highest BCUT2D eigenvalue weighted by atomic mass is 16.5. The van der Waals surface area contributed by atoms with Gasteiger partial charge in [-0.05, 0) is 19.9 Å². The molecule has 1 aromatic rings. The van der Waals surface area contributed by atoms with Gasteiger partial charge in [-0.2, -0.15) is 0 Å². The average molecular weight is 209 g/mol. The molecule has 0 aromatic heterocycles. The monoisotopic (exact) mass is 209 g/mol. The van der Waals surface area contributed by atoms with Crippen molar-refractivity contribution in [3.63, 3.8) is 0 Å². The van der Waals surface area contributed by atoms with Crippen LogP contribution in [0.25, 0.3) is 0 Å². The summed E-state index contributed by atoms with van der Waals surface area (Å²) in [5.41, 5.74) is 6.87. The molecule has 0 amide bonds. The lowest BCUT2D eigenvalue weighted by molar-refractivity contribution is 0.0712. The van der Waals surface area contributed by atoms with Gasteiger partial charge in [-0.1, -0.05) is 18.2 Å². The molecule has 15 heavy (non-hydrogen) atoms. The van der Waals surface area contributed by atoms with Crippen molar-refractivity contribution in [2.45, 2.75) is 26.0 Å². The number of rotatable bonds is 5. The van der Waals surface area contributed by atoms with Crippen molar-refractivity contribution in [3.05, 3.63) is 29.8 Å². The van der Waals surface area contributed by atoms with Crippen LogP contribution in [-0.4, -0.2) is 19.8 Å². The van der Waals surface area contributed by atoms with Gasteiger partial charge >= 0.3 is 0 Å². The number of benzene rings is 1. The molecule has 0 heterocycles. The Bertz CT molecular complexity index is 299. The fourth-order valence-electron chi connectivity index (χ4n) is 1.26. The molecule has 1 unspecified atom stereocenters. The van der Waals surface area contributed by atoms with Gasteiger partial charge in [-0.25, -0.2) is 0 Å². The first kappa shape index (κ1) is 12.0. The van der Waals surface area contributed by atoms with Gasteiger partial charge in [0.15, 0.2) is 0 Å². The summed E-state index contributed by atoms with van der Waals surface area (Å²) >= 11 is 0. The highest BCUT2D eigenvalue weighted by molar-refractivity contribution is 5.35. The molecule has 0 aliphatic rings. The van der Waals surface area contributed by atoms with Gasteiger partial charge in [0.25, 0.3) is 0 Å². The number of ether oxygens (including phenoxy) is 2. The normalized spacial score (nSPS) is 14.7. The van der Waals surface area contributed by atoms with Crippen molar-refractivity contribution in [3.8, 4) is 5.75 Å². The molecular formula is C12H19NO2. The summed E-state index contributed by atoms with van der Waals surface area (Å²) in [4.78, 5) is 0. The van der Waals surface area contributed by atoms with E-state index in [-0.39, 0.29) is 12.1 Å². The van der Waals surface area contributed by atoms with Crippen molar-refractivity contribution in [2.75, 3.05) is 13.7 Å².